The first-order valence-corrected chi connectivity index (χ1v) is 13.1. The average molecular weight is 529 g/mol. The molecule has 2 aliphatic heterocycles. The van der Waals surface area contributed by atoms with Crippen molar-refractivity contribution in [1.82, 2.24) is 15.2 Å². The summed E-state index contributed by atoms with van der Waals surface area (Å²) in [4.78, 5) is 59.1. The van der Waals surface area contributed by atoms with Crippen LogP contribution < -0.4 is 16.8 Å². The van der Waals surface area contributed by atoms with Crippen LogP contribution in [0, 0.1) is 0 Å². The van der Waals surface area contributed by atoms with Crippen molar-refractivity contribution in [2.75, 3.05) is 18.0 Å². The molecule has 184 valence electrons. The number of nitrogens with zero attached hydrogens (tertiary/aromatic N) is 3. The number of nitrogen functional groups attached to an aromatic ring is 1. The normalized spacial score (nSPS) is 20.6. The first-order chi connectivity index (χ1) is 16.2. The molecule has 3 unspecified atom stereocenters. The second-order valence-electron chi connectivity index (χ2n) is 7.20. The minimum absolute atomic E-state index is 0.0362. The van der Waals surface area contributed by atoms with Crippen LogP contribution in [0.5, 0.6) is 0 Å². The van der Waals surface area contributed by atoms with Crippen molar-refractivity contribution in [3.8, 4) is 0 Å². The number of β-lactam (4-membered cyclic amide) rings is 1. The van der Waals surface area contributed by atoms with Crippen molar-refractivity contribution >= 4 is 68.6 Å². The molecule has 0 radical (unpaired) electrons. The number of aliphatic carboxylic acids is 1. The Hall–Kier alpha value is -2.62. The fourth-order valence-corrected chi connectivity index (χ4v) is 5.79. The molecule has 6 N–H and O–H groups in total. The van der Waals surface area contributed by atoms with E-state index in [2.05, 4.69) is 15.5 Å². The number of carboxylic acids is 1. The molecule has 1 fully saturated rings. The summed E-state index contributed by atoms with van der Waals surface area (Å²) in [6.45, 7) is 1.85. The molecule has 1 saturated heterocycles. The number of anilines is 1. The number of hydrogen-bond donors (Lipinski definition) is 4. The topological polar surface area (TPSA) is 190 Å². The molecule has 12 nitrogen and oxygen atoms in total. The van der Waals surface area contributed by atoms with Gasteiger partial charge in [-0.15, -0.1) is 23.1 Å². The van der Waals surface area contributed by atoms with Crippen LogP contribution in [0.1, 0.15) is 31.9 Å². The molecule has 1 aromatic rings. The Balaban J connectivity index is 1.80. The van der Waals surface area contributed by atoms with Crippen molar-refractivity contribution in [1.29, 1.82) is 0 Å². The van der Waals surface area contributed by atoms with Crippen molar-refractivity contribution in [2.24, 2.45) is 10.9 Å². The van der Waals surface area contributed by atoms with Gasteiger partial charge < -0.3 is 31.6 Å². The maximum atomic E-state index is 13.2. The van der Waals surface area contributed by atoms with Gasteiger partial charge in [0.15, 0.2) is 16.0 Å². The van der Waals surface area contributed by atoms with Gasteiger partial charge in [-0.2, -0.15) is 0 Å². The van der Waals surface area contributed by atoms with E-state index in [1.165, 1.54) is 17.1 Å². The number of amides is 2. The summed E-state index contributed by atoms with van der Waals surface area (Å²) < 4.78 is 0. The fraction of sp³-hybridized carbons (Fsp3) is 0.474. The lowest BCUT2D eigenvalue weighted by molar-refractivity contribution is -0.150. The molecule has 1 aromatic heterocycles. The summed E-state index contributed by atoms with van der Waals surface area (Å²) >= 11 is 3.51. The average Bonchev–Trinajstić information content (AvgIpc) is 3.21. The number of carboxylic acid groups (broad SMARTS) is 1. The summed E-state index contributed by atoms with van der Waals surface area (Å²) in [5.74, 6) is -1.65. The Bertz CT molecular complexity index is 1030. The number of aromatic nitrogens is 1. The van der Waals surface area contributed by atoms with Crippen molar-refractivity contribution < 1.29 is 29.1 Å². The van der Waals surface area contributed by atoms with Gasteiger partial charge >= 0.3 is 5.97 Å². The van der Waals surface area contributed by atoms with Crippen LogP contribution in [-0.2, 0) is 24.0 Å². The van der Waals surface area contributed by atoms with E-state index in [4.69, 9.17) is 16.3 Å². The van der Waals surface area contributed by atoms with Gasteiger partial charge in [-0.25, -0.2) is 9.78 Å². The van der Waals surface area contributed by atoms with Gasteiger partial charge in [-0.1, -0.05) is 23.8 Å². The molecule has 2 aliphatic rings. The molecule has 3 rings (SSSR count). The van der Waals surface area contributed by atoms with Gasteiger partial charge in [0, 0.05) is 30.3 Å². The van der Waals surface area contributed by atoms with Crippen LogP contribution in [0.15, 0.2) is 22.3 Å². The van der Waals surface area contributed by atoms with E-state index in [1.807, 2.05) is 0 Å². The number of thiazole rings is 1. The fourth-order valence-electron chi connectivity index (χ4n) is 2.95. The van der Waals surface area contributed by atoms with Crippen molar-refractivity contribution in [2.45, 2.75) is 43.0 Å². The van der Waals surface area contributed by atoms with E-state index in [9.17, 15) is 24.3 Å². The molecular formula is C19H24N6O6S3. The minimum Gasteiger partial charge on any atom is -0.478 e. The van der Waals surface area contributed by atoms with Crippen molar-refractivity contribution in [3.05, 3.63) is 22.8 Å². The Morgan fingerprint density at radius 3 is 2.82 bits per heavy atom. The predicted molar refractivity (Wildman–Crippen MR) is 130 cm³/mol. The van der Waals surface area contributed by atoms with E-state index in [1.54, 1.807) is 18.0 Å². The molecule has 3 atom stereocenters. The smallest absolute Gasteiger partial charge is 0.347 e. The molecule has 15 heteroatoms. The maximum Gasteiger partial charge on any atom is 0.347 e. The largest absolute Gasteiger partial charge is 0.478 e. The monoisotopic (exact) mass is 528 g/mol. The van der Waals surface area contributed by atoms with E-state index < -0.39 is 23.4 Å². The zero-order valence-electron chi connectivity index (χ0n) is 18.1. The Morgan fingerprint density at radius 1 is 1.47 bits per heavy atom. The minimum atomic E-state index is -1.24. The van der Waals surface area contributed by atoms with Gasteiger partial charge in [0.1, 0.15) is 11.1 Å². The van der Waals surface area contributed by atoms with E-state index in [0.717, 1.165) is 23.1 Å². The molecular weight excluding hydrogens is 504 g/mol. The molecule has 34 heavy (non-hydrogen) atoms. The van der Waals surface area contributed by atoms with Gasteiger partial charge in [0.05, 0.1) is 11.8 Å². The summed E-state index contributed by atoms with van der Waals surface area (Å²) in [5, 5.41) is 16.8. The molecule has 0 aliphatic carbocycles. The quantitative estimate of drug-likeness (QED) is 0.178. The zero-order chi connectivity index (χ0) is 24.8. The third kappa shape index (κ3) is 6.28. The van der Waals surface area contributed by atoms with Crippen LogP contribution in [0.2, 0.25) is 0 Å². The number of carbonyl (C=O) groups is 4. The number of carbonyl (C=O) groups excluding carboxylic acids is 3. The zero-order valence-corrected chi connectivity index (χ0v) is 20.6. The van der Waals surface area contributed by atoms with Gasteiger partial charge in [-0.05, 0) is 12.0 Å². The highest BCUT2D eigenvalue weighted by Crippen LogP contribution is 2.40. The van der Waals surface area contributed by atoms with Crippen LogP contribution in [0.4, 0.5) is 5.13 Å². The highest BCUT2D eigenvalue weighted by molar-refractivity contribution is 8.13. The van der Waals surface area contributed by atoms with Crippen LogP contribution in [0.3, 0.4) is 0 Å². The highest BCUT2D eigenvalue weighted by atomic mass is 32.2. The number of nitrogens with two attached hydrogens (primary N) is 2. The number of oxime groups is 1. The summed E-state index contributed by atoms with van der Waals surface area (Å²) in [6.07, 6.45) is 1.11. The maximum absolute atomic E-state index is 13.2. The lowest BCUT2D eigenvalue weighted by atomic mass is 10.2. The van der Waals surface area contributed by atoms with Crippen molar-refractivity contribution in [3.63, 3.8) is 0 Å². The standard InChI is InChI=1S/C19H24N6O6S3/c1-2-11(18(29)30)31-24-15(10-8-33-19(21)22-10)16(28)23-17-9(7-32-14(27)3-4-20)6-25-12(26)5-13(25)34-17/h6,8,11,13,17H,2-5,7,20H2,1H3,(H2,21,22)(H,23,28)(H,29,30)/b24-15+. The molecule has 0 aromatic carbocycles. The third-order valence-corrected chi connectivity index (χ3v) is 7.87. The number of rotatable bonds is 11. The van der Waals surface area contributed by atoms with Crippen LogP contribution in [0.25, 0.3) is 0 Å². The highest BCUT2D eigenvalue weighted by Gasteiger charge is 2.42. The first kappa shape index (κ1) is 26.0. The van der Waals surface area contributed by atoms with E-state index in [0.29, 0.717) is 12.0 Å². The number of fused-ring (bicyclic) bond motifs is 1. The van der Waals surface area contributed by atoms with Gasteiger partial charge in [0.25, 0.3) is 5.91 Å². The number of hydrogen-bond acceptors (Lipinski definition) is 12. The van der Waals surface area contributed by atoms with Crippen LogP contribution in [-0.4, -0.2) is 72.8 Å². The Labute approximate surface area is 207 Å². The molecule has 0 bridgehead atoms. The summed E-state index contributed by atoms with van der Waals surface area (Å²) in [5.41, 5.74) is 11.7. The lowest BCUT2D eigenvalue weighted by Crippen LogP contribution is -2.54. The Kier molecular flexibility index (Phi) is 8.93. The van der Waals surface area contributed by atoms with Gasteiger partial charge in [-0.3, -0.25) is 14.4 Å². The molecule has 2 amide bonds. The predicted octanol–water partition coefficient (Wildman–Crippen LogP) is 0.549. The molecule has 0 saturated carbocycles. The summed E-state index contributed by atoms with van der Waals surface area (Å²) in [7, 11) is 0. The molecule has 3 heterocycles. The van der Waals surface area contributed by atoms with Crippen LogP contribution >= 0.6 is 34.9 Å². The van der Waals surface area contributed by atoms with E-state index >= 15 is 0 Å². The second kappa shape index (κ2) is 11.7. The van der Waals surface area contributed by atoms with E-state index in [-0.39, 0.29) is 58.1 Å². The number of nitrogens with one attached hydrogen (secondary N) is 1. The SMILES string of the molecule is CCC(O/N=C(/C(=O)NC1SC2CC(=O)N2C=C1CSC(=O)CCN)c1csc(N)n1)C(=O)O. The lowest BCUT2D eigenvalue weighted by Gasteiger charge is -2.44. The number of thioether (sulfide) groups is 2. The first-order valence-electron chi connectivity index (χ1n) is 10.2. The summed E-state index contributed by atoms with van der Waals surface area (Å²) in [6, 6.07) is 0. The molecule has 0 spiro atoms. The van der Waals surface area contributed by atoms with Gasteiger partial charge in [0.2, 0.25) is 12.0 Å². The Morgan fingerprint density at radius 2 is 2.24 bits per heavy atom. The second-order valence-corrected chi connectivity index (χ2v) is 10.4. The third-order valence-electron chi connectivity index (χ3n) is 4.79.